The smallest absolute Gasteiger partial charge is 0.226 e. The number of amides is 2. The number of ketones is 3. The number of hydrogen-bond donors (Lipinski definition) is 4. The molecular formula is C46H60N6O7. The van der Waals surface area contributed by atoms with E-state index in [4.69, 9.17) is 26.7 Å². The molecule has 0 fully saturated rings. The number of rotatable bonds is 18. The molecule has 13 heteroatoms. The van der Waals surface area contributed by atoms with E-state index in [2.05, 4.69) is 19.2 Å². The first kappa shape index (κ1) is 46.3. The van der Waals surface area contributed by atoms with Crippen molar-refractivity contribution in [2.45, 2.75) is 90.6 Å². The Hall–Kier alpha value is -5.42. The van der Waals surface area contributed by atoms with Gasteiger partial charge in [-0.05, 0) is 85.2 Å². The van der Waals surface area contributed by atoms with Crippen molar-refractivity contribution in [2.24, 2.45) is 29.0 Å². The number of nitrogens with zero attached hydrogens (tertiary/aromatic N) is 2. The predicted molar refractivity (Wildman–Crippen MR) is 227 cm³/mol. The van der Waals surface area contributed by atoms with Gasteiger partial charge in [-0.3, -0.25) is 24.0 Å². The lowest BCUT2D eigenvalue weighted by molar-refractivity contribution is -0.142. The Bertz CT molecular complexity index is 2030. The number of aryl methyl sites for hydroxylation is 1. The lowest BCUT2D eigenvalue weighted by Crippen LogP contribution is -2.46. The van der Waals surface area contributed by atoms with Gasteiger partial charge in [0, 0.05) is 74.3 Å². The van der Waals surface area contributed by atoms with Crippen LogP contribution in [-0.2, 0) is 25.6 Å². The van der Waals surface area contributed by atoms with E-state index < -0.39 is 41.5 Å². The van der Waals surface area contributed by atoms with Gasteiger partial charge < -0.3 is 36.9 Å². The Kier molecular flexibility index (Phi) is 17.3. The van der Waals surface area contributed by atoms with Gasteiger partial charge in [0.1, 0.15) is 30.8 Å². The summed E-state index contributed by atoms with van der Waals surface area (Å²) in [4.78, 5) is 71.6. The largest absolute Gasteiger partial charge is 0.492 e. The quantitative estimate of drug-likeness (QED) is 0.124. The molecule has 3 aromatic carbocycles. The van der Waals surface area contributed by atoms with Crippen molar-refractivity contribution < 1.29 is 33.4 Å². The molecule has 0 saturated carbocycles. The molecule has 1 aliphatic heterocycles. The van der Waals surface area contributed by atoms with Gasteiger partial charge in [0.05, 0.1) is 12.1 Å². The molecule has 2 amide bonds. The molecule has 0 radical (unpaired) electrons. The third kappa shape index (κ3) is 11.8. The first-order chi connectivity index (χ1) is 28.3. The number of fused-ring (bicyclic) bond motifs is 5. The molecule has 1 heterocycles. The zero-order valence-electron chi connectivity index (χ0n) is 35.1. The summed E-state index contributed by atoms with van der Waals surface area (Å²) in [6.45, 7) is 8.69. The minimum atomic E-state index is -1.19. The fourth-order valence-electron chi connectivity index (χ4n) is 7.52. The van der Waals surface area contributed by atoms with E-state index in [1.165, 1.54) is 11.9 Å². The molecule has 5 atom stereocenters. The number of nitriles is 1. The Morgan fingerprint density at radius 1 is 0.932 bits per heavy atom. The lowest BCUT2D eigenvalue weighted by atomic mass is 9.87. The molecule has 0 saturated heterocycles. The number of nitrogens with two attached hydrogens (primary N) is 3. The normalized spacial score (nSPS) is 17.8. The van der Waals surface area contributed by atoms with E-state index >= 15 is 0 Å². The average Bonchev–Trinajstić information content (AvgIpc) is 3.22. The van der Waals surface area contributed by atoms with Gasteiger partial charge in [-0.25, -0.2) is 0 Å². The van der Waals surface area contributed by atoms with Gasteiger partial charge in [0.15, 0.2) is 17.3 Å². The van der Waals surface area contributed by atoms with Crippen molar-refractivity contribution in [1.82, 2.24) is 10.2 Å². The summed E-state index contributed by atoms with van der Waals surface area (Å²) < 4.78 is 12.2. The monoisotopic (exact) mass is 808 g/mol. The summed E-state index contributed by atoms with van der Waals surface area (Å²) in [5, 5.41) is 12.0. The van der Waals surface area contributed by atoms with E-state index in [1.54, 1.807) is 37.3 Å². The molecule has 4 rings (SSSR count). The van der Waals surface area contributed by atoms with Crippen LogP contribution in [0, 0.1) is 30.1 Å². The van der Waals surface area contributed by atoms with Crippen LogP contribution in [0.5, 0.6) is 11.5 Å². The van der Waals surface area contributed by atoms with Crippen molar-refractivity contribution >= 4 is 29.2 Å². The second kappa shape index (κ2) is 22.1. The van der Waals surface area contributed by atoms with Gasteiger partial charge in [-0.2, -0.15) is 5.26 Å². The topological polar surface area (TPSA) is 221 Å². The number of nitrogens with one attached hydrogen (secondary N) is 1. The number of carbonyl (C=O) groups excluding carboxylic acids is 5. The highest BCUT2D eigenvalue weighted by molar-refractivity contribution is 6.01. The summed E-state index contributed by atoms with van der Waals surface area (Å²) in [6.07, 6.45) is 0.799. The van der Waals surface area contributed by atoms with Crippen LogP contribution in [0.1, 0.15) is 104 Å². The first-order valence-corrected chi connectivity index (χ1v) is 20.5. The number of Topliss-reactive ketones (excluding diaryl/α,β-unsaturated/α-hetero) is 3. The van der Waals surface area contributed by atoms with E-state index in [1.807, 2.05) is 37.3 Å². The van der Waals surface area contributed by atoms with E-state index in [9.17, 15) is 29.2 Å². The van der Waals surface area contributed by atoms with E-state index in [0.717, 1.165) is 17.5 Å². The first-order valence-electron chi connectivity index (χ1n) is 20.5. The molecule has 7 N–H and O–H groups in total. The van der Waals surface area contributed by atoms with Gasteiger partial charge in [0.2, 0.25) is 11.8 Å². The number of likely N-dealkylation sites (N-methyl/N-ethyl adjacent to an activating group) is 1. The average molecular weight is 809 g/mol. The second-order valence-electron chi connectivity index (χ2n) is 15.5. The molecule has 316 valence electrons. The Labute approximate surface area is 348 Å². The van der Waals surface area contributed by atoms with Crippen LogP contribution < -0.4 is 32.0 Å². The van der Waals surface area contributed by atoms with Crippen molar-refractivity contribution in [3.05, 3.63) is 82.4 Å². The van der Waals surface area contributed by atoms with Crippen molar-refractivity contribution in [1.29, 1.82) is 5.26 Å². The molecule has 0 aliphatic carbocycles. The fourth-order valence-corrected chi connectivity index (χ4v) is 7.52. The van der Waals surface area contributed by atoms with Crippen LogP contribution in [-0.4, -0.2) is 80.0 Å². The molecular weight excluding hydrogens is 749 g/mol. The maximum absolute atomic E-state index is 14.6. The van der Waals surface area contributed by atoms with Crippen LogP contribution in [0.3, 0.4) is 0 Å². The highest BCUT2D eigenvalue weighted by Gasteiger charge is 2.36. The molecule has 1 unspecified atom stereocenters. The van der Waals surface area contributed by atoms with Crippen LogP contribution in [0.15, 0.2) is 54.6 Å². The van der Waals surface area contributed by atoms with Gasteiger partial charge in [0.25, 0.3) is 0 Å². The second-order valence-corrected chi connectivity index (χ2v) is 15.5. The SMILES string of the molecule is CCC(C)c1ccc(C(=O)C[C@@H](CCN)C(=O)N(C)[C@@H]2C(=O)C[C@@H](C)C(=O)N[C@H](C(=O)CCC#N)Cc3ccc(OCCN)c(c3)-c3cc2ccc3OCCN)c(C)c1. The van der Waals surface area contributed by atoms with E-state index in [-0.39, 0.29) is 82.9 Å². The highest BCUT2D eigenvalue weighted by Crippen LogP contribution is 2.41. The van der Waals surface area contributed by atoms with Crippen LogP contribution >= 0.6 is 0 Å². The zero-order valence-corrected chi connectivity index (χ0v) is 35.1. The van der Waals surface area contributed by atoms with Gasteiger partial charge in [-0.1, -0.05) is 51.1 Å². The molecule has 0 aromatic heterocycles. The summed E-state index contributed by atoms with van der Waals surface area (Å²) in [5.74, 6) is -2.44. The van der Waals surface area contributed by atoms with E-state index in [0.29, 0.717) is 45.2 Å². The fraction of sp³-hybridized carbons (Fsp3) is 0.478. The third-order valence-corrected chi connectivity index (χ3v) is 11.1. The molecule has 1 aliphatic rings. The molecule has 59 heavy (non-hydrogen) atoms. The minimum absolute atomic E-state index is 0.0199. The number of carbonyl (C=O) groups is 5. The van der Waals surface area contributed by atoms with Crippen LogP contribution in [0.25, 0.3) is 11.1 Å². The van der Waals surface area contributed by atoms with Crippen molar-refractivity contribution in [2.75, 3.05) is 39.9 Å². The zero-order chi connectivity index (χ0) is 43.2. The standard InChI is InChI=1S/C46H60N6O7/c1-6-28(2)32-10-12-35(29(3)22-32)40(54)27-34(15-17-48)46(57)52(5)44-33-11-14-43(59-21-19-50)37(26-33)36-24-31(9-13-42(36)58-20-18-49)25-38(39(53)8-7-16-47)51-45(56)30(4)23-41(44)55/h9-14,22,24,26,28,30,34,38,44H,6-8,15,17-21,23,25,27,48-50H2,1-5H3,(H,51,56)/t28?,30-,34-,38+,44+/m1/s1. The molecule has 13 nitrogen and oxygen atoms in total. The number of ether oxygens (including phenoxy) is 2. The number of benzene rings is 3. The Morgan fingerprint density at radius 3 is 2.20 bits per heavy atom. The lowest BCUT2D eigenvalue weighted by Gasteiger charge is -2.32. The summed E-state index contributed by atoms with van der Waals surface area (Å²) in [6, 6.07) is 16.2. The van der Waals surface area contributed by atoms with Gasteiger partial charge >= 0.3 is 0 Å². The maximum Gasteiger partial charge on any atom is 0.226 e. The van der Waals surface area contributed by atoms with Crippen LogP contribution in [0.2, 0.25) is 0 Å². The number of hydrogen-bond acceptors (Lipinski definition) is 11. The summed E-state index contributed by atoms with van der Waals surface area (Å²) >= 11 is 0. The predicted octanol–water partition coefficient (Wildman–Crippen LogP) is 5.10. The van der Waals surface area contributed by atoms with Crippen LogP contribution in [0.4, 0.5) is 0 Å². The Morgan fingerprint density at radius 2 is 1.59 bits per heavy atom. The maximum atomic E-state index is 14.6. The van der Waals surface area contributed by atoms with Crippen molar-refractivity contribution in [3.63, 3.8) is 0 Å². The minimum Gasteiger partial charge on any atom is -0.492 e. The molecule has 4 bridgehead atoms. The molecule has 3 aromatic rings. The molecule has 0 spiro atoms. The highest BCUT2D eigenvalue weighted by atomic mass is 16.5. The summed E-state index contributed by atoms with van der Waals surface area (Å²) in [7, 11) is 1.53. The summed E-state index contributed by atoms with van der Waals surface area (Å²) in [5.41, 5.74) is 22.4. The van der Waals surface area contributed by atoms with Gasteiger partial charge in [-0.15, -0.1) is 0 Å². The Balaban J connectivity index is 1.86. The third-order valence-electron chi connectivity index (χ3n) is 11.1. The van der Waals surface area contributed by atoms with Crippen molar-refractivity contribution in [3.8, 4) is 28.7 Å².